The van der Waals surface area contributed by atoms with Crippen LogP contribution in [0.1, 0.15) is 48.5 Å². The van der Waals surface area contributed by atoms with Gasteiger partial charge in [0.2, 0.25) is 10.0 Å². The molecule has 158 valence electrons. The zero-order valence-electron chi connectivity index (χ0n) is 17.4. The van der Waals surface area contributed by atoms with Gasteiger partial charge in [-0.3, -0.25) is 9.69 Å². The van der Waals surface area contributed by atoms with Crippen molar-refractivity contribution in [2.75, 3.05) is 13.1 Å². The molecule has 1 amide bonds. The maximum absolute atomic E-state index is 12.5. The van der Waals surface area contributed by atoms with Crippen LogP contribution in [0.25, 0.3) is 0 Å². The van der Waals surface area contributed by atoms with E-state index >= 15 is 0 Å². The lowest BCUT2D eigenvalue weighted by atomic mass is 10.1. The number of thiophene rings is 1. The summed E-state index contributed by atoms with van der Waals surface area (Å²) >= 11 is 1.82. The van der Waals surface area contributed by atoms with Crippen molar-refractivity contribution in [3.8, 4) is 0 Å². The number of carbonyl (C=O) groups excluding carboxylic acids is 1. The molecule has 1 atom stereocenters. The van der Waals surface area contributed by atoms with Crippen molar-refractivity contribution in [3.05, 3.63) is 51.7 Å². The summed E-state index contributed by atoms with van der Waals surface area (Å²) in [4.78, 5) is 16.5. The van der Waals surface area contributed by atoms with Crippen LogP contribution in [0, 0.1) is 0 Å². The average molecular weight is 436 g/mol. The van der Waals surface area contributed by atoms with Crippen molar-refractivity contribution in [2.24, 2.45) is 0 Å². The third-order valence-electron chi connectivity index (χ3n) is 4.89. The van der Waals surface area contributed by atoms with Gasteiger partial charge in [0.05, 0.1) is 4.90 Å². The van der Waals surface area contributed by atoms with E-state index in [1.165, 1.54) is 22.6 Å². The number of hydrogen-bond acceptors (Lipinski definition) is 5. The summed E-state index contributed by atoms with van der Waals surface area (Å²) in [6.45, 7) is 9.94. The lowest BCUT2D eigenvalue weighted by molar-refractivity contribution is 0.0932. The van der Waals surface area contributed by atoms with Crippen LogP contribution < -0.4 is 10.0 Å². The van der Waals surface area contributed by atoms with Crippen molar-refractivity contribution in [2.45, 2.75) is 57.1 Å². The van der Waals surface area contributed by atoms with Gasteiger partial charge in [-0.1, -0.05) is 0 Å². The fourth-order valence-corrected chi connectivity index (χ4v) is 5.67. The molecular formula is C21H29N3O3S2. The fraction of sp³-hybridized carbons (Fsp3) is 0.476. The molecule has 1 unspecified atom stereocenters. The smallest absolute Gasteiger partial charge is 0.251 e. The fourth-order valence-electron chi connectivity index (χ4n) is 3.37. The summed E-state index contributed by atoms with van der Waals surface area (Å²) in [6.07, 6.45) is 1.06. The molecular weight excluding hydrogens is 406 g/mol. The minimum Gasteiger partial charge on any atom is -0.350 e. The van der Waals surface area contributed by atoms with E-state index in [1.54, 1.807) is 32.9 Å². The second-order valence-electron chi connectivity index (χ2n) is 8.53. The van der Waals surface area contributed by atoms with Crippen molar-refractivity contribution in [3.63, 3.8) is 0 Å². The van der Waals surface area contributed by atoms with Gasteiger partial charge in [-0.2, -0.15) is 0 Å². The predicted octanol–water partition coefficient (Wildman–Crippen LogP) is 3.00. The van der Waals surface area contributed by atoms with Crippen molar-refractivity contribution < 1.29 is 13.2 Å². The van der Waals surface area contributed by atoms with E-state index in [1.807, 2.05) is 11.3 Å². The molecule has 1 aromatic heterocycles. The third kappa shape index (κ3) is 5.66. The molecule has 0 aliphatic carbocycles. The van der Waals surface area contributed by atoms with Gasteiger partial charge in [0.25, 0.3) is 5.91 Å². The highest BCUT2D eigenvalue weighted by atomic mass is 32.2. The summed E-state index contributed by atoms with van der Waals surface area (Å²) < 4.78 is 27.4. The molecule has 1 aliphatic rings. The molecule has 29 heavy (non-hydrogen) atoms. The van der Waals surface area contributed by atoms with Crippen LogP contribution in [0.4, 0.5) is 0 Å². The minimum absolute atomic E-state index is 0.150. The first kappa shape index (κ1) is 22.0. The highest BCUT2D eigenvalue weighted by Gasteiger charge is 2.23. The summed E-state index contributed by atoms with van der Waals surface area (Å²) in [6, 6.07) is 8.44. The normalized spacial score (nSPS) is 16.3. The number of rotatable bonds is 6. The van der Waals surface area contributed by atoms with E-state index in [-0.39, 0.29) is 16.8 Å². The van der Waals surface area contributed by atoms with E-state index < -0.39 is 15.6 Å². The number of hydrogen-bond donors (Lipinski definition) is 2. The van der Waals surface area contributed by atoms with Crippen molar-refractivity contribution in [1.29, 1.82) is 0 Å². The Bertz CT molecular complexity index is 960. The Morgan fingerprint density at radius 2 is 1.90 bits per heavy atom. The Hall–Kier alpha value is -1.74. The van der Waals surface area contributed by atoms with Crippen LogP contribution in [0.2, 0.25) is 0 Å². The summed E-state index contributed by atoms with van der Waals surface area (Å²) in [5.41, 5.74) is 1.27. The third-order valence-corrected chi connectivity index (χ3v) is 7.68. The first-order valence-corrected chi connectivity index (χ1v) is 12.1. The molecule has 6 nitrogen and oxygen atoms in total. The molecule has 0 bridgehead atoms. The lowest BCUT2D eigenvalue weighted by Crippen LogP contribution is -2.44. The van der Waals surface area contributed by atoms with Gasteiger partial charge in [-0.25, -0.2) is 13.1 Å². The Labute approximate surface area is 177 Å². The second kappa shape index (κ2) is 8.55. The number of nitrogens with zero attached hydrogens (tertiary/aromatic N) is 1. The average Bonchev–Trinajstić information content (AvgIpc) is 3.11. The van der Waals surface area contributed by atoms with Crippen LogP contribution in [-0.4, -0.2) is 43.9 Å². The van der Waals surface area contributed by atoms with Crippen LogP contribution in [0.15, 0.2) is 40.6 Å². The van der Waals surface area contributed by atoms with E-state index in [9.17, 15) is 13.2 Å². The van der Waals surface area contributed by atoms with Gasteiger partial charge in [0, 0.05) is 41.7 Å². The molecule has 2 heterocycles. The predicted molar refractivity (Wildman–Crippen MR) is 117 cm³/mol. The summed E-state index contributed by atoms with van der Waals surface area (Å²) in [5, 5.41) is 5.11. The Morgan fingerprint density at radius 3 is 2.55 bits per heavy atom. The van der Waals surface area contributed by atoms with Crippen LogP contribution >= 0.6 is 11.3 Å². The first-order valence-electron chi connectivity index (χ1n) is 9.77. The molecule has 0 saturated heterocycles. The number of benzene rings is 1. The molecule has 0 spiro atoms. The lowest BCUT2D eigenvalue weighted by Gasteiger charge is -2.32. The molecule has 2 aromatic rings. The molecule has 0 fully saturated rings. The maximum atomic E-state index is 12.5. The summed E-state index contributed by atoms with van der Waals surface area (Å²) in [7, 11) is -3.61. The van der Waals surface area contributed by atoms with E-state index in [0.717, 1.165) is 19.5 Å². The number of sulfonamides is 1. The quantitative estimate of drug-likeness (QED) is 0.731. The van der Waals surface area contributed by atoms with Gasteiger partial charge < -0.3 is 5.32 Å². The molecule has 3 rings (SSSR count). The van der Waals surface area contributed by atoms with Gasteiger partial charge in [0.15, 0.2) is 0 Å². The largest absolute Gasteiger partial charge is 0.350 e. The minimum atomic E-state index is -3.61. The van der Waals surface area contributed by atoms with Crippen LogP contribution in [0.5, 0.6) is 0 Å². The first-order chi connectivity index (χ1) is 13.5. The van der Waals surface area contributed by atoms with Crippen molar-refractivity contribution in [1.82, 2.24) is 14.9 Å². The van der Waals surface area contributed by atoms with E-state index in [0.29, 0.717) is 12.1 Å². The zero-order chi connectivity index (χ0) is 21.2. The molecule has 0 saturated carbocycles. The number of nitrogens with one attached hydrogen (secondary N) is 2. The molecule has 1 aromatic carbocycles. The Balaban J connectivity index is 1.56. The van der Waals surface area contributed by atoms with Crippen molar-refractivity contribution >= 4 is 27.3 Å². The topological polar surface area (TPSA) is 78.5 Å². The van der Waals surface area contributed by atoms with E-state index in [4.69, 9.17) is 0 Å². The van der Waals surface area contributed by atoms with Gasteiger partial charge >= 0.3 is 0 Å². The Kier molecular flexibility index (Phi) is 6.48. The monoisotopic (exact) mass is 435 g/mol. The second-order valence-corrected chi connectivity index (χ2v) is 11.2. The highest BCUT2D eigenvalue weighted by molar-refractivity contribution is 7.89. The molecule has 2 N–H and O–H groups in total. The van der Waals surface area contributed by atoms with Gasteiger partial charge in [-0.15, -0.1) is 11.3 Å². The molecule has 8 heteroatoms. The summed E-state index contributed by atoms with van der Waals surface area (Å²) in [5.74, 6) is -0.196. The van der Waals surface area contributed by atoms with Gasteiger partial charge in [-0.05, 0) is 75.4 Å². The standard InChI is InChI=1S/C21H29N3O3S2/c1-15(24-11-9-19-17(14-24)10-12-28-19)13-22-20(25)16-5-7-18(8-6-16)29(26,27)23-21(2,3)4/h5-8,10,12,15,23H,9,11,13-14H2,1-4H3,(H,22,25). The SMILES string of the molecule is CC(CNC(=O)c1ccc(S(=O)(=O)NC(C)(C)C)cc1)N1CCc2sccc2C1. The molecule has 1 aliphatic heterocycles. The molecule has 0 radical (unpaired) electrons. The highest BCUT2D eigenvalue weighted by Crippen LogP contribution is 2.25. The number of amides is 1. The van der Waals surface area contributed by atoms with Crippen LogP contribution in [-0.2, 0) is 23.0 Å². The van der Waals surface area contributed by atoms with Crippen LogP contribution in [0.3, 0.4) is 0 Å². The number of fused-ring (bicyclic) bond motifs is 1. The van der Waals surface area contributed by atoms with E-state index in [2.05, 4.69) is 33.3 Å². The maximum Gasteiger partial charge on any atom is 0.251 e. The van der Waals surface area contributed by atoms with Gasteiger partial charge in [0.1, 0.15) is 0 Å². The number of carbonyl (C=O) groups is 1. The Morgan fingerprint density at radius 1 is 1.21 bits per heavy atom. The zero-order valence-corrected chi connectivity index (χ0v) is 19.0.